The first-order valence-electron chi connectivity index (χ1n) is 38.7. The van der Waals surface area contributed by atoms with Gasteiger partial charge in [0.2, 0.25) is 11.8 Å². The van der Waals surface area contributed by atoms with Gasteiger partial charge in [0.15, 0.2) is 12.6 Å². The van der Waals surface area contributed by atoms with Crippen molar-refractivity contribution < 1.29 is 104 Å². The largest absolute Gasteiger partial charge is 0.477 e. The standard InChI is InChI=1S/C75H138N2O21/c1-4-6-8-10-12-14-16-18-20-22-24-26-27-28-29-31-33-35-37-39-41-43-45-47-49-62(85)77-56(57(82)48-46-44-42-40-38-36-34-32-30-25-23-21-19-17-15-13-11-9-7-5-2)54-93-72-67(89)66(88)69(61(53-80)95-72)96-73-68(90)71(65(87)60(52-79)94-73)98-75(74(91)92)50-58(83)63(76-55(3)81)70(97-75)64(86)59(84)51-78/h28-29,46,48,56-61,63-73,78-80,82-84,86-90H,4-27,30-45,47,49-54H2,1-3H3,(H,76,81)(H,77,85)(H,91,92)/b29-28-,48-46+. The van der Waals surface area contributed by atoms with Crippen LogP contribution >= 0.6 is 0 Å². The van der Waals surface area contributed by atoms with E-state index < -0.39 is 155 Å². The van der Waals surface area contributed by atoms with Gasteiger partial charge in [-0.05, 0) is 44.9 Å². The summed E-state index contributed by atoms with van der Waals surface area (Å²) in [6.07, 6.45) is 29.2. The topological polar surface area (TPSA) is 373 Å². The van der Waals surface area contributed by atoms with Gasteiger partial charge in [-0.25, -0.2) is 4.79 Å². The van der Waals surface area contributed by atoms with Crippen molar-refractivity contribution in [2.45, 2.75) is 407 Å². The summed E-state index contributed by atoms with van der Waals surface area (Å²) in [7, 11) is 0. The first-order chi connectivity index (χ1) is 47.4. The van der Waals surface area contributed by atoms with E-state index in [0.717, 1.165) is 58.3 Å². The number of carbonyl (C=O) groups is 3. The van der Waals surface area contributed by atoms with Gasteiger partial charge < -0.3 is 100 Å². The minimum absolute atomic E-state index is 0.198. The number of carboxylic acids is 1. The number of hydrogen-bond acceptors (Lipinski definition) is 20. The molecule has 14 N–H and O–H groups in total. The maximum atomic E-state index is 13.5. The number of rotatable bonds is 60. The van der Waals surface area contributed by atoms with Crippen molar-refractivity contribution in [2.75, 3.05) is 26.4 Å². The fourth-order valence-corrected chi connectivity index (χ4v) is 13.5. The normalized spacial score (nSPS) is 27.3. The molecular formula is C75H138N2O21. The average Bonchev–Trinajstić information content (AvgIpc) is 0.757. The molecule has 0 aliphatic carbocycles. The Hall–Kier alpha value is -2.79. The molecule has 18 unspecified atom stereocenters. The summed E-state index contributed by atoms with van der Waals surface area (Å²) in [6.45, 7) is 2.17. The van der Waals surface area contributed by atoms with Crippen LogP contribution in [0.4, 0.5) is 0 Å². The van der Waals surface area contributed by atoms with Crippen molar-refractivity contribution in [1.29, 1.82) is 0 Å². The summed E-state index contributed by atoms with van der Waals surface area (Å²) in [5, 5.41) is 136. The molecule has 3 aliphatic rings. The molecule has 0 spiro atoms. The highest BCUT2D eigenvalue weighted by molar-refractivity contribution is 5.77. The van der Waals surface area contributed by atoms with E-state index in [0.29, 0.717) is 12.8 Å². The van der Waals surface area contributed by atoms with Crippen molar-refractivity contribution in [2.24, 2.45) is 0 Å². The first-order valence-corrected chi connectivity index (χ1v) is 38.7. The predicted molar refractivity (Wildman–Crippen MR) is 375 cm³/mol. The number of amides is 2. The molecule has 0 bridgehead atoms. The number of aliphatic hydroxyl groups is 11. The molecule has 0 radical (unpaired) electrons. The third-order valence-corrected chi connectivity index (χ3v) is 19.6. The minimum Gasteiger partial charge on any atom is -0.477 e. The molecular weight excluding hydrogens is 1260 g/mol. The molecule has 3 saturated heterocycles. The van der Waals surface area contributed by atoms with Gasteiger partial charge in [-0.2, -0.15) is 0 Å². The highest BCUT2D eigenvalue weighted by atomic mass is 16.8. The lowest BCUT2D eigenvalue weighted by Crippen LogP contribution is -2.70. The zero-order chi connectivity index (χ0) is 71.8. The van der Waals surface area contributed by atoms with Crippen LogP contribution in [0.3, 0.4) is 0 Å². The first kappa shape index (κ1) is 89.4. The van der Waals surface area contributed by atoms with Crippen LogP contribution < -0.4 is 10.6 Å². The lowest BCUT2D eigenvalue weighted by molar-refractivity contribution is -0.386. The number of carbonyl (C=O) groups excluding carboxylic acids is 2. The highest BCUT2D eigenvalue weighted by Gasteiger charge is 2.60. The van der Waals surface area contributed by atoms with Crippen LogP contribution in [0, 0.1) is 0 Å². The molecule has 0 aromatic heterocycles. The van der Waals surface area contributed by atoms with Crippen molar-refractivity contribution in [1.82, 2.24) is 10.6 Å². The number of unbranched alkanes of at least 4 members (excludes halogenated alkanes) is 38. The Bertz CT molecular complexity index is 2060. The van der Waals surface area contributed by atoms with Crippen LogP contribution in [0.2, 0.25) is 0 Å². The van der Waals surface area contributed by atoms with Crippen LogP contribution in [-0.2, 0) is 42.8 Å². The number of hydrogen-bond donors (Lipinski definition) is 14. The van der Waals surface area contributed by atoms with E-state index in [2.05, 4.69) is 36.6 Å². The lowest BCUT2D eigenvalue weighted by Gasteiger charge is -2.50. The molecule has 0 aromatic rings. The second kappa shape index (κ2) is 54.8. The van der Waals surface area contributed by atoms with E-state index in [-0.39, 0.29) is 12.3 Å². The number of allylic oxidation sites excluding steroid dienone is 3. The molecule has 0 aromatic carbocycles. The van der Waals surface area contributed by atoms with Crippen molar-refractivity contribution in [3.8, 4) is 0 Å². The van der Waals surface area contributed by atoms with Crippen molar-refractivity contribution >= 4 is 17.8 Å². The van der Waals surface area contributed by atoms with Gasteiger partial charge in [-0.3, -0.25) is 9.59 Å². The van der Waals surface area contributed by atoms with Gasteiger partial charge >= 0.3 is 5.97 Å². The Balaban J connectivity index is 1.55. The summed E-state index contributed by atoms with van der Waals surface area (Å²) in [6, 6.07) is -2.62. The van der Waals surface area contributed by atoms with E-state index in [9.17, 15) is 75.7 Å². The van der Waals surface area contributed by atoms with Gasteiger partial charge in [0.1, 0.15) is 67.1 Å². The quantitative estimate of drug-likeness (QED) is 0.0199. The van der Waals surface area contributed by atoms with Crippen LogP contribution in [0.15, 0.2) is 24.3 Å². The lowest BCUT2D eigenvalue weighted by atomic mass is 9.88. The van der Waals surface area contributed by atoms with Crippen LogP contribution in [-0.4, -0.2) is 215 Å². The molecule has 98 heavy (non-hydrogen) atoms. The fraction of sp³-hybridized carbons (Fsp3) is 0.907. The van der Waals surface area contributed by atoms with Crippen molar-refractivity contribution in [3.05, 3.63) is 24.3 Å². The molecule has 23 heteroatoms. The molecule has 18 atom stereocenters. The average molecular weight is 1400 g/mol. The maximum Gasteiger partial charge on any atom is 0.364 e. The molecule has 3 heterocycles. The van der Waals surface area contributed by atoms with E-state index >= 15 is 0 Å². The molecule has 0 saturated carbocycles. The summed E-state index contributed by atoms with van der Waals surface area (Å²) >= 11 is 0. The fourth-order valence-electron chi connectivity index (χ4n) is 13.5. The third-order valence-electron chi connectivity index (χ3n) is 19.6. The monoisotopic (exact) mass is 1400 g/mol. The van der Waals surface area contributed by atoms with Gasteiger partial charge in [0.05, 0.1) is 50.7 Å². The van der Waals surface area contributed by atoms with Gasteiger partial charge in [-0.15, -0.1) is 0 Å². The number of nitrogens with one attached hydrogen (secondary N) is 2. The number of aliphatic carboxylic acids is 1. The number of ether oxygens (including phenoxy) is 6. The molecule has 23 nitrogen and oxygen atoms in total. The predicted octanol–water partition coefficient (Wildman–Crippen LogP) is 9.18. The summed E-state index contributed by atoms with van der Waals surface area (Å²) < 4.78 is 34.9. The molecule has 574 valence electrons. The van der Waals surface area contributed by atoms with E-state index in [1.165, 1.54) is 199 Å². The van der Waals surface area contributed by atoms with E-state index in [1.807, 2.05) is 6.08 Å². The Labute approximate surface area is 587 Å². The summed E-state index contributed by atoms with van der Waals surface area (Å²) in [4.78, 5) is 38.6. The zero-order valence-corrected chi connectivity index (χ0v) is 60.4. The van der Waals surface area contributed by atoms with Crippen LogP contribution in [0.25, 0.3) is 0 Å². The van der Waals surface area contributed by atoms with Gasteiger partial charge in [0, 0.05) is 19.8 Å². The molecule has 3 fully saturated rings. The molecule has 3 aliphatic heterocycles. The van der Waals surface area contributed by atoms with Crippen LogP contribution in [0.1, 0.15) is 297 Å². The second-order valence-corrected chi connectivity index (χ2v) is 28.2. The molecule has 2 amide bonds. The molecule has 3 rings (SSSR count). The SMILES string of the molecule is CCCCCCCCCCCCCC/C=C\CCCCCCCCCCC(=O)NC(COC1OC(CO)C(OC2OC(CO)C(O)C(OC3(C(=O)O)CC(O)C(NC(C)=O)C(C(O)C(O)CO)O3)C2O)C(O)C1O)C(O)/C=C/CCCCCCCCCCCCCCCCCCCC. The van der Waals surface area contributed by atoms with E-state index in [1.54, 1.807) is 6.08 Å². The summed E-state index contributed by atoms with van der Waals surface area (Å²) in [5.74, 6) is -6.14. The Morgan fingerprint density at radius 2 is 0.959 bits per heavy atom. The Morgan fingerprint density at radius 3 is 1.39 bits per heavy atom. The van der Waals surface area contributed by atoms with Gasteiger partial charge in [-0.1, -0.05) is 256 Å². The number of carboxylic acid groups (broad SMARTS) is 1. The number of aliphatic hydroxyl groups excluding tert-OH is 11. The second-order valence-electron chi connectivity index (χ2n) is 28.2. The maximum absolute atomic E-state index is 13.5. The summed E-state index contributed by atoms with van der Waals surface area (Å²) in [5.41, 5.74) is 0. The van der Waals surface area contributed by atoms with Crippen LogP contribution in [0.5, 0.6) is 0 Å². The Kier molecular flexibility index (Phi) is 50.0. The van der Waals surface area contributed by atoms with Gasteiger partial charge in [0.25, 0.3) is 5.79 Å². The zero-order valence-electron chi connectivity index (χ0n) is 60.4. The smallest absolute Gasteiger partial charge is 0.364 e. The van der Waals surface area contributed by atoms with Crippen molar-refractivity contribution in [3.63, 3.8) is 0 Å². The Morgan fingerprint density at radius 1 is 0.531 bits per heavy atom. The third kappa shape index (κ3) is 35.6. The minimum atomic E-state index is -3.08. The highest BCUT2D eigenvalue weighted by Crippen LogP contribution is 2.39. The van der Waals surface area contributed by atoms with E-state index in [4.69, 9.17) is 28.4 Å².